The molecule has 0 spiro atoms. The van der Waals surface area contributed by atoms with Crippen LogP contribution in [0.4, 0.5) is 0 Å². The van der Waals surface area contributed by atoms with Crippen molar-refractivity contribution in [2.45, 2.75) is 13.0 Å². The van der Waals surface area contributed by atoms with E-state index in [0.717, 1.165) is 10.0 Å². The zero-order valence-corrected chi connectivity index (χ0v) is 12.4. The smallest absolute Gasteiger partial charge is 0.322 e. The minimum absolute atomic E-state index is 0.119. The van der Waals surface area contributed by atoms with Crippen molar-refractivity contribution in [3.05, 3.63) is 40.1 Å². The van der Waals surface area contributed by atoms with Crippen molar-refractivity contribution in [1.82, 2.24) is 25.5 Å². The summed E-state index contributed by atoms with van der Waals surface area (Å²) in [5.74, 6) is -1.03. The van der Waals surface area contributed by atoms with Crippen molar-refractivity contribution in [3.63, 3.8) is 0 Å². The standard InChI is InChI=1S/C12H12BrN5O3/c13-9-3-1-8(2-4-9)5-10-15-16-17-18(10)7-11(19)14-6-12(20)21/h1-4H,5-7H2,(H,14,19)(H,20,21). The van der Waals surface area contributed by atoms with Crippen molar-refractivity contribution in [2.24, 2.45) is 0 Å². The number of tetrazole rings is 1. The Bertz CT molecular complexity index is 641. The molecule has 0 saturated carbocycles. The van der Waals surface area contributed by atoms with E-state index >= 15 is 0 Å². The molecule has 1 aromatic carbocycles. The third-order valence-electron chi connectivity index (χ3n) is 2.61. The number of amides is 1. The number of carboxylic acids is 1. The lowest BCUT2D eigenvalue weighted by Crippen LogP contribution is -2.32. The number of carboxylic acid groups (broad SMARTS) is 1. The summed E-state index contributed by atoms with van der Waals surface area (Å²) in [6, 6.07) is 7.66. The van der Waals surface area contributed by atoms with Crippen LogP contribution in [0, 0.1) is 0 Å². The Morgan fingerprint density at radius 1 is 1.29 bits per heavy atom. The quantitative estimate of drug-likeness (QED) is 0.768. The van der Waals surface area contributed by atoms with Gasteiger partial charge in [0.1, 0.15) is 13.1 Å². The van der Waals surface area contributed by atoms with E-state index in [-0.39, 0.29) is 6.54 Å². The number of nitrogens with zero attached hydrogens (tertiary/aromatic N) is 4. The van der Waals surface area contributed by atoms with E-state index in [4.69, 9.17) is 5.11 Å². The van der Waals surface area contributed by atoms with Crippen LogP contribution in [0.15, 0.2) is 28.7 Å². The van der Waals surface area contributed by atoms with E-state index in [1.165, 1.54) is 4.68 Å². The first-order valence-electron chi connectivity index (χ1n) is 6.02. The molecule has 21 heavy (non-hydrogen) atoms. The second-order valence-corrected chi connectivity index (χ2v) is 5.14. The Kier molecular flexibility index (Phi) is 4.99. The molecule has 0 atom stereocenters. The maximum absolute atomic E-state index is 11.6. The number of aliphatic carboxylic acids is 1. The predicted octanol–water partition coefficient (Wildman–Crippen LogP) is 0.227. The van der Waals surface area contributed by atoms with Gasteiger partial charge < -0.3 is 10.4 Å². The van der Waals surface area contributed by atoms with Gasteiger partial charge in [0.2, 0.25) is 5.91 Å². The van der Waals surface area contributed by atoms with Gasteiger partial charge in [-0.3, -0.25) is 9.59 Å². The largest absolute Gasteiger partial charge is 0.480 e. The fraction of sp³-hybridized carbons (Fsp3) is 0.250. The molecule has 0 fully saturated rings. The Hall–Kier alpha value is -2.29. The van der Waals surface area contributed by atoms with Gasteiger partial charge in [0.05, 0.1) is 0 Å². The van der Waals surface area contributed by atoms with Crippen molar-refractivity contribution in [1.29, 1.82) is 0 Å². The molecule has 1 amide bonds. The maximum atomic E-state index is 11.6. The molecule has 110 valence electrons. The highest BCUT2D eigenvalue weighted by Crippen LogP contribution is 2.12. The predicted molar refractivity (Wildman–Crippen MR) is 75.4 cm³/mol. The Morgan fingerprint density at radius 2 is 2.00 bits per heavy atom. The van der Waals surface area contributed by atoms with Gasteiger partial charge in [-0.2, -0.15) is 0 Å². The van der Waals surface area contributed by atoms with Gasteiger partial charge in [-0.05, 0) is 28.1 Å². The lowest BCUT2D eigenvalue weighted by Gasteiger charge is -2.05. The van der Waals surface area contributed by atoms with E-state index in [9.17, 15) is 9.59 Å². The second-order valence-electron chi connectivity index (χ2n) is 4.23. The molecule has 1 heterocycles. The van der Waals surface area contributed by atoms with Crippen LogP contribution >= 0.6 is 15.9 Å². The van der Waals surface area contributed by atoms with Crippen LogP contribution in [0.5, 0.6) is 0 Å². The van der Waals surface area contributed by atoms with E-state index in [1.807, 2.05) is 24.3 Å². The summed E-state index contributed by atoms with van der Waals surface area (Å²) in [6.45, 7) is -0.546. The monoisotopic (exact) mass is 353 g/mol. The van der Waals surface area contributed by atoms with Crippen molar-refractivity contribution in [3.8, 4) is 0 Å². The number of carbonyl (C=O) groups excluding carboxylic acids is 1. The summed E-state index contributed by atoms with van der Waals surface area (Å²) in [5.41, 5.74) is 1.00. The average Bonchev–Trinajstić information content (AvgIpc) is 2.86. The highest BCUT2D eigenvalue weighted by molar-refractivity contribution is 9.10. The minimum Gasteiger partial charge on any atom is -0.480 e. The van der Waals surface area contributed by atoms with Gasteiger partial charge in [0, 0.05) is 10.9 Å². The van der Waals surface area contributed by atoms with E-state index < -0.39 is 18.4 Å². The molecule has 1 aromatic heterocycles. The van der Waals surface area contributed by atoms with Crippen LogP contribution in [0.25, 0.3) is 0 Å². The lowest BCUT2D eigenvalue weighted by molar-refractivity contribution is -0.138. The zero-order chi connectivity index (χ0) is 15.2. The highest BCUT2D eigenvalue weighted by Gasteiger charge is 2.11. The maximum Gasteiger partial charge on any atom is 0.322 e. The first-order chi connectivity index (χ1) is 10.0. The molecule has 0 aliphatic rings. The van der Waals surface area contributed by atoms with Gasteiger partial charge >= 0.3 is 5.97 Å². The molecular weight excluding hydrogens is 342 g/mol. The Morgan fingerprint density at radius 3 is 2.67 bits per heavy atom. The van der Waals surface area contributed by atoms with E-state index in [1.54, 1.807) is 0 Å². The number of rotatable bonds is 6. The van der Waals surface area contributed by atoms with Crippen LogP contribution in [-0.4, -0.2) is 43.7 Å². The first kappa shape index (κ1) is 15.1. The van der Waals surface area contributed by atoms with Crippen molar-refractivity contribution in [2.75, 3.05) is 6.54 Å². The van der Waals surface area contributed by atoms with Gasteiger partial charge in [-0.15, -0.1) is 5.10 Å². The summed E-state index contributed by atoms with van der Waals surface area (Å²) < 4.78 is 2.32. The number of halogens is 1. The lowest BCUT2D eigenvalue weighted by atomic mass is 10.1. The molecule has 8 nitrogen and oxygen atoms in total. The number of carbonyl (C=O) groups is 2. The van der Waals surface area contributed by atoms with Crippen LogP contribution < -0.4 is 5.32 Å². The molecule has 0 saturated heterocycles. The molecule has 0 unspecified atom stereocenters. The molecule has 2 aromatic rings. The number of hydrogen-bond acceptors (Lipinski definition) is 5. The van der Waals surface area contributed by atoms with Gasteiger partial charge in [0.25, 0.3) is 0 Å². The van der Waals surface area contributed by atoms with Crippen molar-refractivity contribution < 1.29 is 14.7 Å². The fourth-order valence-electron chi connectivity index (χ4n) is 1.62. The van der Waals surface area contributed by atoms with Gasteiger partial charge in [-0.25, -0.2) is 4.68 Å². The third kappa shape index (κ3) is 4.63. The molecule has 0 radical (unpaired) electrons. The molecule has 0 aliphatic carbocycles. The molecule has 2 rings (SSSR count). The summed E-state index contributed by atoms with van der Waals surface area (Å²) in [6.07, 6.45) is 0.479. The molecule has 2 N–H and O–H groups in total. The Balaban J connectivity index is 1.99. The van der Waals surface area contributed by atoms with Crippen LogP contribution in [0.3, 0.4) is 0 Å². The molecule has 9 heteroatoms. The normalized spacial score (nSPS) is 10.3. The summed E-state index contributed by atoms with van der Waals surface area (Å²) >= 11 is 3.35. The van der Waals surface area contributed by atoms with Crippen molar-refractivity contribution >= 4 is 27.8 Å². The van der Waals surface area contributed by atoms with Crippen LogP contribution in [-0.2, 0) is 22.6 Å². The molecule has 0 bridgehead atoms. The SMILES string of the molecule is O=C(O)CNC(=O)Cn1nnnc1Cc1ccc(Br)cc1. The van der Waals surface area contributed by atoms with Crippen LogP contribution in [0.2, 0.25) is 0 Å². The third-order valence-corrected chi connectivity index (χ3v) is 3.14. The second kappa shape index (κ2) is 6.93. The number of benzene rings is 1. The van der Waals surface area contributed by atoms with E-state index in [0.29, 0.717) is 12.2 Å². The average molecular weight is 354 g/mol. The zero-order valence-electron chi connectivity index (χ0n) is 10.9. The molecular formula is C12H12BrN5O3. The molecule has 0 aliphatic heterocycles. The summed E-state index contributed by atoms with van der Waals surface area (Å²) in [4.78, 5) is 21.9. The summed E-state index contributed by atoms with van der Waals surface area (Å²) in [5, 5.41) is 21.9. The number of hydrogen-bond donors (Lipinski definition) is 2. The fourth-order valence-corrected chi connectivity index (χ4v) is 1.89. The minimum atomic E-state index is -1.10. The Labute approximate surface area is 128 Å². The first-order valence-corrected chi connectivity index (χ1v) is 6.82. The van der Waals surface area contributed by atoms with E-state index in [2.05, 4.69) is 36.8 Å². The van der Waals surface area contributed by atoms with Crippen LogP contribution in [0.1, 0.15) is 11.4 Å². The number of aromatic nitrogens is 4. The highest BCUT2D eigenvalue weighted by atomic mass is 79.9. The van der Waals surface area contributed by atoms with Gasteiger partial charge in [0.15, 0.2) is 5.82 Å². The van der Waals surface area contributed by atoms with Gasteiger partial charge in [-0.1, -0.05) is 28.1 Å². The number of nitrogens with one attached hydrogen (secondary N) is 1. The topological polar surface area (TPSA) is 110 Å². The summed E-state index contributed by atoms with van der Waals surface area (Å²) in [7, 11) is 0.